The minimum atomic E-state index is 0.596. The van der Waals surface area contributed by atoms with Crippen molar-refractivity contribution in [3.8, 4) is 22.8 Å². The maximum absolute atomic E-state index is 5.46. The van der Waals surface area contributed by atoms with Crippen molar-refractivity contribution in [2.45, 2.75) is 19.8 Å². The zero-order valence-corrected chi connectivity index (χ0v) is 16.5. The van der Waals surface area contributed by atoms with E-state index in [1.54, 1.807) is 14.2 Å². The average molecular weight is 378 g/mol. The first-order valence-corrected chi connectivity index (χ1v) is 9.41. The van der Waals surface area contributed by atoms with Crippen molar-refractivity contribution in [3.63, 3.8) is 0 Å². The lowest BCUT2D eigenvalue weighted by Crippen LogP contribution is -2.07. The molecule has 1 heterocycles. The second kappa shape index (κ2) is 9.60. The van der Waals surface area contributed by atoms with E-state index in [1.807, 2.05) is 54.6 Å². The van der Waals surface area contributed by atoms with E-state index in [-0.39, 0.29) is 0 Å². The lowest BCUT2D eigenvalue weighted by Gasteiger charge is -2.14. The Morgan fingerprint density at radius 3 is 2.46 bits per heavy atom. The van der Waals surface area contributed by atoms with Gasteiger partial charge in [-0.25, -0.2) is 4.98 Å². The molecule has 6 nitrogen and oxygen atoms in total. The van der Waals surface area contributed by atoms with Crippen LogP contribution in [0.5, 0.6) is 11.5 Å². The zero-order chi connectivity index (χ0) is 19.8. The third-order valence-corrected chi connectivity index (χ3v) is 4.28. The molecule has 0 aliphatic carbocycles. The average Bonchev–Trinajstić information content (AvgIpc) is 2.74. The molecule has 0 unspecified atom stereocenters. The smallest absolute Gasteiger partial charge is 0.225 e. The van der Waals surface area contributed by atoms with Crippen molar-refractivity contribution in [2.75, 3.05) is 31.4 Å². The second-order valence-corrected chi connectivity index (χ2v) is 6.30. The topological polar surface area (TPSA) is 68.3 Å². The highest BCUT2D eigenvalue weighted by atomic mass is 16.5. The van der Waals surface area contributed by atoms with Gasteiger partial charge in [-0.15, -0.1) is 0 Å². The normalized spacial score (nSPS) is 10.4. The van der Waals surface area contributed by atoms with Gasteiger partial charge in [-0.3, -0.25) is 0 Å². The Balaban J connectivity index is 1.96. The van der Waals surface area contributed by atoms with Gasteiger partial charge in [0.15, 0.2) is 0 Å². The minimum absolute atomic E-state index is 0.596. The van der Waals surface area contributed by atoms with Crippen LogP contribution in [0.25, 0.3) is 11.3 Å². The fourth-order valence-electron chi connectivity index (χ4n) is 2.77. The predicted octanol–water partition coefficient (Wildman–Crippen LogP) is 5.12. The summed E-state index contributed by atoms with van der Waals surface area (Å²) in [5.41, 5.74) is 2.65. The van der Waals surface area contributed by atoms with Crippen LogP contribution < -0.4 is 20.1 Å². The molecule has 0 saturated carbocycles. The van der Waals surface area contributed by atoms with Crippen LogP contribution in [0.1, 0.15) is 19.8 Å². The highest BCUT2D eigenvalue weighted by Gasteiger charge is 2.10. The number of aromatic nitrogens is 2. The molecule has 2 aromatic carbocycles. The number of benzene rings is 2. The molecule has 0 atom stereocenters. The van der Waals surface area contributed by atoms with Crippen LogP contribution in [0.3, 0.4) is 0 Å². The molecule has 0 saturated heterocycles. The van der Waals surface area contributed by atoms with E-state index in [1.165, 1.54) is 0 Å². The Hall–Kier alpha value is -3.28. The molecule has 0 radical (unpaired) electrons. The van der Waals surface area contributed by atoms with Gasteiger partial charge in [0, 0.05) is 24.2 Å². The number of rotatable bonds is 9. The summed E-state index contributed by atoms with van der Waals surface area (Å²) in [4.78, 5) is 9.30. The third-order valence-electron chi connectivity index (χ3n) is 4.28. The lowest BCUT2D eigenvalue weighted by atomic mass is 10.1. The minimum Gasteiger partial charge on any atom is -0.497 e. The molecule has 0 bridgehead atoms. The van der Waals surface area contributed by atoms with Crippen molar-refractivity contribution in [2.24, 2.45) is 0 Å². The quantitative estimate of drug-likeness (QED) is 0.504. The third kappa shape index (κ3) is 4.91. The Labute approximate surface area is 166 Å². The lowest BCUT2D eigenvalue weighted by molar-refractivity contribution is 0.405. The fourth-order valence-corrected chi connectivity index (χ4v) is 2.77. The van der Waals surface area contributed by atoms with Gasteiger partial charge < -0.3 is 20.1 Å². The molecule has 2 N–H and O–H groups in total. The molecule has 3 rings (SSSR count). The number of methoxy groups -OCH3 is 2. The van der Waals surface area contributed by atoms with Gasteiger partial charge in [0.05, 0.1) is 25.6 Å². The van der Waals surface area contributed by atoms with Gasteiger partial charge in [0.2, 0.25) is 5.95 Å². The molecule has 146 valence electrons. The summed E-state index contributed by atoms with van der Waals surface area (Å²) >= 11 is 0. The molecule has 0 amide bonds. The number of anilines is 3. The maximum atomic E-state index is 5.46. The Morgan fingerprint density at radius 1 is 0.929 bits per heavy atom. The van der Waals surface area contributed by atoms with Crippen LogP contribution in [0, 0.1) is 0 Å². The fraction of sp³-hybridized carbons (Fsp3) is 0.273. The van der Waals surface area contributed by atoms with E-state index >= 15 is 0 Å². The maximum Gasteiger partial charge on any atom is 0.225 e. The van der Waals surface area contributed by atoms with E-state index in [2.05, 4.69) is 27.5 Å². The van der Waals surface area contributed by atoms with Crippen LogP contribution in [-0.4, -0.2) is 30.7 Å². The molecule has 28 heavy (non-hydrogen) atoms. The van der Waals surface area contributed by atoms with E-state index < -0.39 is 0 Å². The summed E-state index contributed by atoms with van der Waals surface area (Å²) in [5, 5.41) is 6.66. The van der Waals surface area contributed by atoms with Crippen LogP contribution in [0.15, 0.2) is 54.6 Å². The number of hydrogen-bond acceptors (Lipinski definition) is 6. The van der Waals surface area contributed by atoms with Gasteiger partial charge in [-0.2, -0.15) is 4.98 Å². The van der Waals surface area contributed by atoms with Crippen molar-refractivity contribution in [1.82, 2.24) is 9.97 Å². The number of ether oxygens (including phenoxy) is 2. The molecule has 0 spiro atoms. The molecular formula is C22H26N4O2. The highest BCUT2D eigenvalue weighted by Crippen LogP contribution is 2.32. The number of unbranched alkanes of at least 4 members (excludes halogenated alkanes) is 1. The van der Waals surface area contributed by atoms with Crippen molar-refractivity contribution in [1.29, 1.82) is 0 Å². The molecule has 1 aromatic heterocycles. The first-order valence-electron chi connectivity index (χ1n) is 9.41. The summed E-state index contributed by atoms with van der Waals surface area (Å²) in [7, 11) is 3.28. The van der Waals surface area contributed by atoms with Crippen LogP contribution >= 0.6 is 0 Å². The monoisotopic (exact) mass is 378 g/mol. The second-order valence-electron chi connectivity index (χ2n) is 6.30. The molecule has 0 aliphatic rings. The number of nitrogens with zero attached hydrogens (tertiary/aromatic N) is 2. The first-order chi connectivity index (χ1) is 13.7. The van der Waals surface area contributed by atoms with E-state index in [0.717, 1.165) is 42.1 Å². The summed E-state index contributed by atoms with van der Waals surface area (Å²) in [6, 6.07) is 17.6. The van der Waals surface area contributed by atoms with E-state index in [4.69, 9.17) is 9.47 Å². The number of nitrogens with one attached hydrogen (secondary N) is 2. The molecule has 0 aliphatic heterocycles. The van der Waals surface area contributed by atoms with Gasteiger partial charge in [-0.1, -0.05) is 43.7 Å². The molecule has 3 aromatic rings. The summed E-state index contributed by atoms with van der Waals surface area (Å²) in [5.74, 6) is 2.72. The Bertz CT molecular complexity index is 900. The van der Waals surface area contributed by atoms with Crippen molar-refractivity contribution in [3.05, 3.63) is 54.6 Å². The predicted molar refractivity (Wildman–Crippen MR) is 114 cm³/mol. The summed E-state index contributed by atoms with van der Waals surface area (Å²) < 4.78 is 10.8. The SMILES string of the molecule is CCCCNc1nc(Nc2cc(OC)ccc2OC)cc(-c2ccccc2)n1. The zero-order valence-electron chi connectivity index (χ0n) is 16.5. The molecular weight excluding hydrogens is 352 g/mol. The van der Waals surface area contributed by atoms with Crippen molar-refractivity contribution < 1.29 is 9.47 Å². The van der Waals surface area contributed by atoms with Crippen molar-refractivity contribution >= 4 is 17.5 Å². The molecule has 0 fully saturated rings. The van der Waals surface area contributed by atoms with E-state index in [0.29, 0.717) is 17.5 Å². The molecule has 6 heteroatoms. The Kier molecular flexibility index (Phi) is 6.68. The van der Waals surface area contributed by atoms with Gasteiger partial charge >= 0.3 is 0 Å². The summed E-state index contributed by atoms with van der Waals surface area (Å²) in [6.07, 6.45) is 2.17. The first kappa shape index (κ1) is 19.5. The van der Waals surface area contributed by atoms with E-state index in [9.17, 15) is 0 Å². The van der Waals surface area contributed by atoms with Crippen LogP contribution in [0.4, 0.5) is 17.5 Å². The van der Waals surface area contributed by atoms with Gasteiger partial charge in [0.1, 0.15) is 17.3 Å². The van der Waals surface area contributed by atoms with Gasteiger partial charge in [-0.05, 0) is 18.6 Å². The van der Waals surface area contributed by atoms with Crippen LogP contribution in [-0.2, 0) is 0 Å². The standard InChI is InChI=1S/C22H26N4O2/c1-4-5-13-23-22-25-18(16-9-7-6-8-10-16)15-21(26-22)24-19-14-17(27-2)11-12-20(19)28-3/h6-12,14-15H,4-5,13H2,1-3H3,(H2,23,24,25,26). The number of hydrogen-bond donors (Lipinski definition) is 2. The van der Waals surface area contributed by atoms with Gasteiger partial charge in [0.25, 0.3) is 0 Å². The highest BCUT2D eigenvalue weighted by molar-refractivity contribution is 5.71. The largest absolute Gasteiger partial charge is 0.497 e. The Morgan fingerprint density at radius 2 is 1.75 bits per heavy atom. The van der Waals surface area contributed by atoms with Crippen LogP contribution in [0.2, 0.25) is 0 Å². The summed E-state index contributed by atoms with van der Waals surface area (Å²) in [6.45, 7) is 2.99.